The highest BCUT2D eigenvalue weighted by atomic mass is 31.2. The standard InChI is InChI=1S/C5H15N2O2P/c1-7(4-3-6)5-10(2,8)9/h3-6H2,1-2H3,(H,8,9). The molecule has 0 heterocycles. The maximum atomic E-state index is 10.8. The van der Waals surface area contributed by atoms with Gasteiger partial charge in [0.1, 0.15) is 0 Å². The minimum atomic E-state index is -2.88. The van der Waals surface area contributed by atoms with Crippen LogP contribution >= 0.6 is 7.37 Å². The summed E-state index contributed by atoms with van der Waals surface area (Å²) in [5.41, 5.74) is 5.24. The zero-order valence-corrected chi connectivity index (χ0v) is 7.34. The van der Waals surface area contributed by atoms with E-state index in [0.29, 0.717) is 13.1 Å². The van der Waals surface area contributed by atoms with Gasteiger partial charge in [0.15, 0.2) is 0 Å². The summed E-state index contributed by atoms with van der Waals surface area (Å²) in [6.07, 6.45) is 0.226. The Balaban J connectivity index is 3.58. The third-order valence-electron chi connectivity index (χ3n) is 1.01. The van der Waals surface area contributed by atoms with Crippen molar-refractivity contribution in [2.75, 3.05) is 33.1 Å². The molecule has 0 aliphatic rings. The highest BCUT2D eigenvalue weighted by Gasteiger charge is 2.11. The van der Waals surface area contributed by atoms with Crippen molar-refractivity contribution < 1.29 is 9.46 Å². The number of hydrogen-bond donors (Lipinski definition) is 2. The van der Waals surface area contributed by atoms with Crippen LogP contribution < -0.4 is 5.73 Å². The zero-order chi connectivity index (χ0) is 8.20. The van der Waals surface area contributed by atoms with Gasteiger partial charge in [-0.05, 0) is 7.05 Å². The van der Waals surface area contributed by atoms with E-state index in [1.54, 1.807) is 11.9 Å². The predicted octanol–water partition coefficient (Wildman–Crippen LogP) is -0.265. The zero-order valence-electron chi connectivity index (χ0n) is 6.45. The van der Waals surface area contributed by atoms with E-state index < -0.39 is 7.37 Å². The molecular weight excluding hydrogens is 151 g/mol. The first-order valence-electron chi connectivity index (χ1n) is 3.13. The lowest BCUT2D eigenvalue weighted by molar-refractivity contribution is 0.370. The Morgan fingerprint density at radius 3 is 2.50 bits per heavy atom. The Hall–Kier alpha value is 0.110. The molecule has 1 unspecified atom stereocenters. The molecule has 4 nitrogen and oxygen atoms in total. The van der Waals surface area contributed by atoms with Crippen LogP contribution in [0.1, 0.15) is 0 Å². The van der Waals surface area contributed by atoms with Crippen LogP contribution in [0.25, 0.3) is 0 Å². The quantitative estimate of drug-likeness (QED) is 0.564. The Morgan fingerprint density at radius 2 is 2.20 bits per heavy atom. The highest BCUT2D eigenvalue weighted by Crippen LogP contribution is 2.34. The number of hydrogen-bond acceptors (Lipinski definition) is 3. The van der Waals surface area contributed by atoms with Crippen LogP contribution in [0.5, 0.6) is 0 Å². The lowest BCUT2D eigenvalue weighted by Crippen LogP contribution is -2.26. The topological polar surface area (TPSA) is 66.6 Å². The number of nitrogens with zero attached hydrogens (tertiary/aromatic N) is 1. The summed E-state index contributed by atoms with van der Waals surface area (Å²) in [5.74, 6) is 0. The molecule has 62 valence electrons. The molecule has 0 saturated heterocycles. The van der Waals surface area contributed by atoms with Gasteiger partial charge < -0.3 is 10.6 Å². The van der Waals surface area contributed by atoms with Gasteiger partial charge in [0, 0.05) is 19.8 Å². The van der Waals surface area contributed by atoms with Crippen LogP contribution in [0.4, 0.5) is 0 Å². The van der Waals surface area contributed by atoms with Gasteiger partial charge in [-0.2, -0.15) is 0 Å². The van der Waals surface area contributed by atoms with Gasteiger partial charge in [-0.3, -0.25) is 9.46 Å². The first-order valence-corrected chi connectivity index (χ1v) is 5.43. The van der Waals surface area contributed by atoms with Gasteiger partial charge in [-0.25, -0.2) is 0 Å². The first-order chi connectivity index (χ1) is 4.45. The molecule has 0 saturated carbocycles. The van der Waals surface area contributed by atoms with Crippen molar-refractivity contribution in [3.63, 3.8) is 0 Å². The van der Waals surface area contributed by atoms with E-state index in [0.717, 1.165) is 0 Å². The summed E-state index contributed by atoms with van der Waals surface area (Å²) in [4.78, 5) is 10.6. The minimum Gasteiger partial charge on any atom is -0.344 e. The van der Waals surface area contributed by atoms with Crippen LogP contribution in [0.3, 0.4) is 0 Å². The summed E-state index contributed by atoms with van der Waals surface area (Å²) in [6.45, 7) is 2.54. The van der Waals surface area contributed by atoms with E-state index in [1.165, 1.54) is 6.66 Å². The lowest BCUT2D eigenvalue weighted by atomic mass is 10.6. The molecule has 0 amide bonds. The average molecular weight is 166 g/mol. The monoisotopic (exact) mass is 166 g/mol. The van der Waals surface area contributed by atoms with Gasteiger partial charge >= 0.3 is 0 Å². The Kier molecular flexibility index (Phi) is 4.13. The second kappa shape index (κ2) is 4.09. The molecule has 0 aromatic heterocycles. The fraction of sp³-hybridized carbons (Fsp3) is 1.00. The molecule has 3 N–H and O–H groups in total. The molecule has 0 aromatic rings. The summed E-state index contributed by atoms with van der Waals surface area (Å²) in [6, 6.07) is 0. The summed E-state index contributed by atoms with van der Waals surface area (Å²) in [5, 5.41) is 0. The third kappa shape index (κ3) is 6.23. The summed E-state index contributed by atoms with van der Waals surface area (Å²) < 4.78 is 10.8. The number of rotatable bonds is 4. The molecule has 0 aliphatic carbocycles. The smallest absolute Gasteiger partial charge is 0.211 e. The van der Waals surface area contributed by atoms with E-state index in [9.17, 15) is 4.57 Å². The Bertz CT molecular complexity index is 134. The van der Waals surface area contributed by atoms with E-state index in [2.05, 4.69) is 0 Å². The second-order valence-corrected chi connectivity index (χ2v) is 4.95. The van der Waals surface area contributed by atoms with Gasteiger partial charge in [-0.15, -0.1) is 0 Å². The van der Waals surface area contributed by atoms with Crippen LogP contribution in [-0.4, -0.2) is 42.9 Å². The number of likely N-dealkylation sites (N-methyl/N-ethyl adjacent to an activating group) is 1. The van der Waals surface area contributed by atoms with Crippen molar-refractivity contribution in [2.45, 2.75) is 0 Å². The summed E-state index contributed by atoms with van der Waals surface area (Å²) >= 11 is 0. The van der Waals surface area contributed by atoms with Crippen LogP contribution in [0.15, 0.2) is 0 Å². The molecule has 0 spiro atoms. The van der Waals surface area contributed by atoms with Gasteiger partial charge in [0.25, 0.3) is 0 Å². The van der Waals surface area contributed by atoms with Gasteiger partial charge in [-0.1, -0.05) is 0 Å². The summed E-state index contributed by atoms with van der Waals surface area (Å²) in [7, 11) is -1.10. The first kappa shape index (κ1) is 10.1. The van der Waals surface area contributed by atoms with E-state index in [-0.39, 0.29) is 6.29 Å². The molecule has 0 aromatic carbocycles. The Labute approximate surface area is 61.5 Å². The molecule has 0 aliphatic heterocycles. The lowest BCUT2D eigenvalue weighted by Gasteiger charge is -2.16. The largest absolute Gasteiger partial charge is 0.344 e. The molecule has 0 radical (unpaired) electrons. The van der Waals surface area contributed by atoms with Crippen molar-refractivity contribution in [3.05, 3.63) is 0 Å². The maximum Gasteiger partial charge on any atom is 0.211 e. The minimum absolute atomic E-state index is 0.226. The maximum absolute atomic E-state index is 10.8. The van der Waals surface area contributed by atoms with Crippen molar-refractivity contribution in [1.82, 2.24) is 4.90 Å². The van der Waals surface area contributed by atoms with Crippen LogP contribution in [0, 0.1) is 0 Å². The van der Waals surface area contributed by atoms with Crippen LogP contribution in [0.2, 0.25) is 0 Å². The fourth-order valence-electron chi connectivity index (χ4n) is 0.739. The van der Waals surface area contributed by atoms with Crippen molar-refractivity contribution in [3.8, 4) is 0 Å². The molecule has 1 atom stereocenters. The normalized spacial score (nSPS) is 17.3. The van der Waals surface area contributed by atoms with Crippen molar-refractivity contribution >= 4 is 7.37 Å². The van der Waals surface area contributed by atoms with Gasteiger partial charge in [0.2, 0.25) is 7.37 Å². The van der Waals surface area contributed by atoms with E-state index in [1.807, 2.05) is 0 Å². The number of nitrogens with two attached hydrogens (primary N) is 1. The SMILES string of the molecule is CN(CCN)CP(C)(=O)O. The molecule has 0 fully saturated rings. The molecule has 5 heteroatoms. The molecule has 0 rings (SSSR count). The predicted molar refractivity (Wildman–Crippen MR) is 42.3 cm³/mol. The second-order valence-electron chi connectivity index (χ2n) is 2.56. The molecular formula is C5H15N2O2P. The van der Waals surface area contributed by atoms with Crippen molar-refractivity contribution in [2.24, 2.45) is 5.73 Å². The fourth-order valence-corrected chi connectivity index (χ4v) is 1.78. The Morgan fingerprint density at radius 1 is 1.70 bits per heavy atom. The highest BCUT2D eigenvalue weighted by molar-refractivity contribution is 7.57. The van der Waals surface area contributed by atoms with E-state index in [4.69, 9.17) is 10.6 Å². The molecule has 10 heavy (non-hydrogen) atoms. The molecule has 0 bridgehead atoms. The third-order valence-corrected chi connectivity index (χ3v) is 2.02. The van der Waals surface area contributed by atoms with Gasteiger partial charge in [0.05, 0.1) is 6.29 Å². The van der Waals surface area contributed by atoms with Crippen LogP contribution in [-0.2, 0) is 4.57 Å². The van der Waals surface area contributed by atoms with Crippen molar-refractivity contribution in [1.29, 1.82) is 0 Å². The average Bonchev–Trinajstić information content (AvgIpc) is 1.59. The van der Waals surface area contributed by atoms with E-state index >= 15 is 0 Å².